The Bertz CT molecular complexity index is 1430. The second kappa shape index (κ2) is 9.75. The van der Waals surface area contributed by atoms with Crippen molar-refractivity contribution in [3.63, 3.8) is 0 Å². The monoisotopic (exact) mass is 527 g/mol. The molecule has 2 heterocycles. The van der Waals surface area contributed by atoms with E-state index in [9.17, 15) is 18.3 Å². The number of rotatable bonds is 9. The van der Waals surface area contributed by atoms with Crippen LogP contribution in [0.1, 0.15) is 19.8 Å². The molecule has 2 aliphatic rings. The molecule has 37 heavy (non-hydrogen) atoms. The molecule has 1 aromatic heterocycles. The Kier molecular flexibility index (Phi) is 6.63. The van der Waals surface area contributed by atoms with Gasteiger partial charge in [0.05, 0.1) is 28.7 Å². The second-order valence-electron chi connectivity index (χ2n) is 9.16. The van der Waals surface area contributed by atoms with Crippen LogP contribution in [0.2, 0.25) is 0 Å². The van der Waals surface area contributed by atoms with Crippen LogP contribution in [0.4, 0.5) is 5.82 Å². The summed E-state index contributed by atoms with van der Waals surface area (Å²) in [6.07, 6.45) is 0.275. The van der Waals surface area contributed by atoms with Gasteiger partial charge in [-0.1, -0.05) is 24.3 Å². The van der Waals surface area contributed by atoms with Crippen molar-refractivity contribution in [2.24, 2.45) is 0 Å². The summed E-state index contributed by atoms with van der Waals surface area (Å²) >= 11 is 0. The number of aromatic nitrogens is 1. The molecule has 3 aromatic rings. The molecule has 0 spiro atoms. The van der Waals surface area contributed by atoms with Gasteiger partial charge in [-0.3, -0.25) is 4.79 Å². The van der Waals surface area contributed by atoms with Crippen molar-refractivity contribution >= 4 is 21.7 Å². The number of ether oxygens (including phenoxy) is 2. The van der Waals surface area contributed by atoms with Crippen molar-refractivity contribution in [3.05, 3.63) is 66.2 Å². The number of amides is 1. The summed E-state index contributed by atoms with van der Waals surface area (Å²) in [7, 11) is -2.50. The van der Waals surface area contributed by atoms with Gasteiger partial charge in [0.2, 0.25) is 22.7 Å². The SMILES string of the molecule is CN(CC(O)CO)S(=O)(=O)c1ccc(-c2cccc(NC(=O)C3(c4ccc5c(c4)OCO5)CC3)n2)cc1.[HH]. The Balaban J connectivity index is 0.00000336. The molecule has 11 heteroatoms. The van der Waals surface area contributed by atoms with Gasteiger partial charge in [0, 0.05) is 20.6 Å². The number of pyridine rings is 1. The maximum absolute atomic E-state index is 13.2. The lowest BCUT2D eigenvalue weighted by Gasteiger charge is -2.19. The molecule has 1 aliphatic carbocycles. The number of nitrogens with zero attached hydrogens (tertiary/aromatic N) is 2. The van der Waals surface area contributed by atoms with Crippen LogP contribution in [-0.2, 0) is 20.2 Å². The Hall–Kier alpha value is -3.51. The molecule has 1 saturated carbocycles. The van der Waals surface area contributed by atoms with E-state index in [0.29, 0.717) is 28.6 Å². The summed E-state index contributed by atoms with van der Waals surface area (Å²) in [5, 5.41) is 21.5. The number of likely N-dealkylation sites (N-methyl/N-ethyl adjacent to an activating group) is 1. The van der Waals surface area contributed by atoms with E-state index in [0.717, 1.165) is 22.7 Å². The van der Waals surface area contributed by atoms with E-state index in [1.165, 1.54) is 19.2 Å². The number of aliphatic hydroxyl groups is 2. The zero-order valence-corrected chi connectivity index (χ0v) is 20.9. The lowest BCUT2D eigenvalue weighted by molar-refractivity contribution is -0.118. The van der Waals surface area contributed by atoms with E-state index < -0.39 is 28.1 Å². The average molecular weight is 528 g/mol. The number of fused-ring (bicyclic) bond motifs is 1. The topological polar surface area (TPSA) is 138 Å². The van der Waals surface area contributed by atoms with Crippen molar-refractivity contribution in [2.45, 2.75) is 29.3 Å². The molecule has 0 radical (unpaired) electrons. The van der Waals surface area contributed by atoms with E-state index >= 15 is 0 Å². The first-order valence-electron chi connectivity index (χ1n) is 11.8. The molecule has 1 atom stereocenters. The van der Waals surface area contributed by atoms with Gasteiger partial charge in [-0.25, -0.2) is 13.4 Å². The summed E-state index contributed by atoms with van der Waals surface area (Å²) < 4.78 is 37.3. The molecular weight excluding hydrogens is 498 g/mol. The summed E-state index contributed by atoms with van der Waals surface area (Å²) in [4.78, 5) is 17.8. The number of hydrogen-bond donors (Lipinski definition) is 3. The smallest absolute Gasteiger partial charge is 0.242 e. The number of anilines is 1. The van der Waals surface area contributed by atoms with Gasteiger partial charge < -0.3 is 25.0 Å². The third-order valence-corrected chi connectivity index (χ3v) is 8.47. The van der Waals surface area contributed by atoms with Crippen LogP contribution in [0.5, 0.6) is 11.5 Å². The fraction of sp³-hybridized carbons (Fsp3) is 0.308. The normalized spacial score (nSPS) is 16.4. The Morgan fingerprint density at radius 3 is 2.57 bits per heavy atom. The fourth-order valence-electron chi connectivity index (χ4n) is 4.30. The molecule has 1 fully saturated rings. The first-order chi connectivity index (χ1) is 17.7. The van der Waals surface area contributed by atoms with E-state index in [1.54, 1.807) is 30.3 Å². The standard InChI is InChI=1S/C26H27N3O7S.H2/c1-29(14-19(31)15-30)37(33,34)20-8-5-17(6-9-20)21-3-2-4-24(27-21)28-25(32)26(11-12-26)18-7-10-22-23(13-18)36-16-35-22;/h2-10,13,19,30-31H,11-12,14-16H2,1H3,(H,27,28,32);1H. The van der Waals surface area contributed by atoms with Crippen LogP contribution in [0.3, 0.4) is 0 Å². The highest BCUT2D eigenvalue weighted by Gasteiger charge is 2.51. The van der Waals surface area contributed by atoms with Crippen LogP contribution in [0, 0.1) is 0 Å². The zero-order valence-electron chi connectivity index (χ0n) is 20.1. The zero-order chi connectivity index (χ0) is 26.2. The fourth-order valence-corrected chi connectivity index (χ4v) is 5.51. The van der Waals surface area contributed by atoms with Gasteiger partial charge in [-0.15, -0.1) is 0 Å². The van der Waals surface area contributed by atoms with E-state index in [-0.39, 0.29) is 25.6 Å². The summed E-state index contributed by atoms with van der Waals surface area (Å²) in [5.74, 6) is 1.55. The minimum Gasteiger partial charge on any atom is -0.454 e. The van der Waals surface area contributed by atoms with Crippen LogP contribution in [0.15, 0.2) is 65.6 Å². The Morgan fingerprint density at radius 1 is 1.14 bits per heavy atom. The number of sulfonamides is 1. The van der Waals surface area contributed by atoms with E-state index in [4.69, 9.17) is 14.6 Å². The molecular formula is C26H29N3O7S. The maximum atomic E-state index is 13.2. The molecule has 1 amide bonds. The predicted octanol–water partition coefficient (Wildman–Crippen LogP) is 2.37. The van der Waals surface area contributed by atoms with Gasteiger partial charge >= 0.3 is 0 Å². The maximum Gasteiger partial charge on any atom is 0.242 e. The molecule has 0 saturated heterocycles. The van der Waals surface area contributed by atoms with Crippen molar-refractivity contribution in [1.82, 2.24) is 9.29 Å². The van der Waals surface area contributed by atoms with Crippen molar-refractivity contribution < 1.29 is 34.3 Å². The average Bonchev–Trinajstić information content (AvgIpc) is 3.59. The molecule has 10 nitrogen and oxygen atoms in total. The van der Waals surface area contributed by atoms with E-state index in [1.807, 2.05) is 18.2 Å². The molecule has 0 bridgehead atoms. The molecule has 5 rings (SSSR count). The second-order valence-corrected chi connectivity index (χ2v) is 11.2. The van der Waals surface area contributed by atoms with Gasteiger partial charge in [0.1, 0.15) is 5.82 Å². The third-order valence-electron chi connectivity index (χ3n) is 6.64. The van der Waals surface area contributed by atoms with Crippen LogP contribution in [-0.4, -0.2) is 66.9 Å². The minimum atomic E-state index is -3.84. The predicted molar refractivity (Wildman–Crippen MR) is 137 cm³/mol. The third kappa shape index (κ3) is 4.90. The van der Waals surface area contributed by atoms with Gasteiger partial charge in [0.15, 0.2) is 11.5 Å². The highest BCUT2D eigenvalue weighted by atomic mass is 32.2. The number of benzene rings is 2. The van der Waals surface area contributed by atoms with Gasteiger partial charge in [0.25, 0.3) is 0 Å². The van der Waals surface area contributed by atoms with Crippen molar-refractivity contribution in [3.8, 4) is 22.8 Å². The first kappa shape index (κ1) is 25.2. The lowest BCUT2D eigenvalue weighted by atomic mass is 9.94. The van der Waals surface area contributed by atoms with Gasteiger partial charge in [-0.2, -0.15) is 4.31 Å². The van der Waals surface area contributed by atoms with Gasteiger partial charge in [-0.05, 0) is 54.8 Å². The molecule has 1 unspecified atom stereocenters. The number of nitrogens with one attached hydrogen (secondary N) is 1. The summed E-state index contributed by atoms with van der Waals surface area (Å²) in [6.45, 7) is -0.585. The van der Waals surface area contributed by atoms with Crippen LogP contribution in [0.25, 0.3) is 11.3 Å². The number of aliphatic hydroxyl groups excluding tert-OH is 2. The molecule has 1 aliphatic heterocycles. The Labute approximate surface area is 216 Å². The highest BCUT2D eigenvalue weighted by molar-refractivity contribution is 7.89. The number of hydrogen-bond acceptors (Lipinski definition) is 8. The lowest BCUT2D eigenvalue weighted by Crippen LogP contribution is -2.35. The van der Waals surface area contributed by atoms with E-state index in [2.05, 4.69) is 10.3 Å². The Morgan fingerprint density at radius 2 is 1.86 bits per heavy atom. The van der Waals surface area contributed by atoms with Crippen LogP contribution < -0.4 is 14.8 Å². The largest absolute Gasteiger partial charge is 0.454 e. The molecule has 2 aromatic carbocycles. The quantitative estimate of drug-likeness (QED) is 0.386. The summed E-state index contributed by atoms with van der Waals surface area (Å²) in [5.41, 5.74) is 1.48. The highest BCUT2D eigenvalue weighted by Crippen LogP contribution is 2.51. The summed E-state index contributed by atoms with van der Waals surface area (Å²) in [6, 6.07) is 17.0. The molecule has 196 valence electrons. The minimum absolute atomic E-state index is 0. The molecule has 3 N–H and O–H groups in total. The number of carbonyl (C=O) groups excluding carboxylic acids is 1. The van der Waals surface area contributed by atoms with Crippen molar-refractivity contribution in [2.75, 3.05) is 32.3 Å². The number of carbonyl (C=O) groups is 1. The van der Waals surface area contributed by atoms with Crippen molar-refractivity contribution in [1.29, 1.82) is 0 Å². The van der Waals surface area contributed by atoms with Crippen LogP contribution >= 0.6 is 0 Å². The first-order valence-corrected chi connectivity index (χ1v) is 13.2.